The number of carbonyl (C=O) groups excluding carboxylic acids is 1. The molecule has 6 nitrogen and oxygen atoms in total. The zero-order valence-electron chi connectivity index (χ0n) is 13.6. The number of para-hydroxylation sites is 1. The number of aromatic nitrogens is 2. The lowest BCUT2D eigenvalue weighted by Gasteiger charge is -2.25. The zero-order valence-corrected chi connectivity index (χ0v) is 13.6. The third kappa shape index (κ3) is 3.38. The Bertz CT molecular complexity index is 862. The third-order valence-electron chi connectivity index (χ3n) is 4.10. The standard InChI is InChI=1S/C19H17N3O3/c23-19(14-6-9-20-10-7-14)22-11-8-16-17(12-22)25-18(21-16)13-24-15-4-2-1-3-5-15/h1-7,9-10H,8,11-13H2. The van der Waals surface area contributed by atoms with Crippen molar-refractivity contribution >= 4 is 5.91 Å². The lowest BCUT2D eigenvalue weighted by Crippen LogP contribution is -2.35. The molecule has 0 saturated carbocycles. The number of benzene rings is 1. The summed E-state index contributed by atoms with van der Waals surface area (Å²) in [4.78, 5) is 22.7. The second-order valence-corrected chi connectivity index (χ2v) is 5.79. The summed E-state index contributed by atoms with van der Waals surface area (Å²) in [5.41, 5.74) is 1.54. The molecule has 0 aliphatic carbocycles. The molecule has 0 atom stereocenters. The van der Waals surface area contributed by atoms with Gasteiger partial charge in [-0.2, -0.15) is 0 Å². The fraction of sp³-hybridized carbons (Fsp3) is 0.211. The number of rotatable bonds is 4. The summed E-state index contributed by atoms with van der Waals surface area (Å²) in [6.45, 7) is 1.32. The van der Waals surface area contributed by atoms with E-state index >= 15 is 0 Å². The highest BCUT2D eigenvalue weighted by Gasteiger charge is 2.26. The van der Waals surface area contributed by atoms with Crippen LogP contribution in [0.1, 0.15) is 27.7 Å². The molecule has 2 aromatic heterocycles. The molecule has 1 aromatic carbocycles. The van der Waals surface area contributed by atoms with Gasteiger partial charge in [0.1, 0.15) is 11.5 Å². The van der Waals surface area contributed by atoms with Crippen LogP contribution in [0.4, 0.5) is 0 Å². The van der Waals surface area contributed by atoms with Gasteiger partial charge in [-0.15, -0.1) is 0 Å². The van der Waals surface area contributed by atoms with Crippen molar-refractivity contribution in [3.8, 4) is 5.75 Å². The van der Waals surface area contributed by atoms with Crippen LogP contribution < -0.4 is 4.74 Å². The SMILES string of the molecule is O=C(c1ccncc1)N1CCc2nc(COc3ccccc3)oc2C1. The van der Waals surface area contributed by atoms with Crippen LogP contribution in [0.15, 0.2) is 59.3 Å². The number of hydrogen-bond donors (Lipinski definition) is 0. The van der Waals surface area contributed by atoms with Gasteiger partial charge in [0, 0.05) is 30.9 Å². The van der Waals surface area contributed by atoms with Crippen molar-refractivity contribution in [2.75, 3.05) is 6.54 Å². The first-order valence-corrected chi connectivity index (χ1v) is 8.14. The molecule has 1 aliphatic heterocycles. The average molecular weight is 335 g/mol. The van der Waals surface area contributed by atoms with Gasteiger partial charge in [-0.3, -0.25) is 9.78 Å². The number of carbonyl (C=O) groups is 1. The minimum absolute atomic E-state index is 0.0217. The van der Waals surface area contributed by atoms with E-state index in [1.165, 1.54) is 0 Å². The molecule has 0 spiro atoms. The molecule has 3 heterocycles. The average Bonchev–Trinajstić information content (AvgIpc) is 3.09. The lowest BCUT2D eigenvalue weighted by atomic mass is 10.1. The van der Waals surface area contributed by atoms with Gasteiger partial charge in [-0.1, -0.05) is 18.2 Å². The van der Waals surface area contributed by atoms with E-state index < -0.39 is 0 Å². The Morgan fingerprint density at radius 1 is 1.16 bits per heavy atom. The minimum atomic E-state index is -0.0217. The molecule has 1 amide bonds. The molecule has 126 valence electrons. The smallest absolute Gasteiger partial charge is 0.254 e. The molecule has 0 N–H and O–H groups in total. The van der Waals surface area contributed by atoms with Gasteiger partial charge in [0.05, 0.1) is 12.2 Å². The second kappa shape index (κ2) is 6.76. The van der Waals surface area contributed by atoms with Gasteiger partial charge in [-0.05, 0) is 24.3 Å². The van der Waals surface area contributed by atoms with Gasteiger partial charge in [0.25, 0.3) is 5.91 Å². The number of fused-ring (bicyclic) bond motifs is 1. The summed E-state index contributed by atoms with van der Waals surface area (Å²) < 4.78 is 11.5. The molecule has 1 aliphatic rings. The lowest BCUT2D eigenvalue weighted by molar-refractivity contribution is 0.0718. The minimum Gasteiger partial charge on any atom is -0.484 e. The van der Waals surface area contributed by atoms with Crippen LogP contribution in [0, 0.1) is 0 Å². The second-order valence-electron chi connectivity index (χ2n) is 5.79. The van der Waals surface area contributed by atoms with Gasteiger partial charge >= 0.3 is 0 Å². The Balaban J connectivity index is 1.43. The summed E-state index contributed by atoms with van der Waals surface area (Å²) in [6, 6.07) is 13.0. The first kappa shape index (κ1) is 15.4. The Labute approximate surface area is 145 Å². The summed E-state index contributed by atoms with van der Waals surface area (Å²) in [5.74, 6) is 2.02. The Morgan fingerprint density at radius 2 is 1.96 bits per heavy atom. The van der Waals surface area contributed by atoms with Crippen molar-refractivity contribution in [1.29, 1.82) is 0 Å². The number of amides is 1. The van der Waals surface area contributed by atoms with Crippen LogP contribution in [-0.4, -0.2) is 27.3 Å². The molecule has 6 heteroatoms. The number of pyridine rings is 1. The summed E-state index contributed by atoms with van der Waals surface area (Å²) in [7, 11) is 0. The summed E-state index contributed by atoms with van der Waals surface area (Å²) >= 11 is 0. The Kier molecular flexibility index (Phi) is 4.16. The third-order valence-corrected chi connectivity index (χ3v) is 4.10. The van der Waals surface area contributed by atoms with E-state index in [2.05, 4.69) is 9.97 Å². The van der Waals surface area contributed by atoms with Crippen molar-refractivity contribution in [2.45, 2.75) is 19.6 Å². The monoisotopic (exact) mass is 335 g/mol. The van der Waals surface area contributed by atoms with E-state index in [4.69, 9.17) is 9.15 Å². The van der Waals surface area contributed by atoms with E-state index in [-0.39, 0.29) is 12.5 Å². The van der Waals surface area contributed by atoms with Crippen LogP contribution in [-0.2, 0) is 19.6 Å². The number of hydrogen-bond acceptors (Lipinski definition) is 5. The highest BCUT2D eigenvalue weighted by atomic mass is 16.5. The van der Waals surface area contributed by atoms with E-state index in [1.807, 2.05) is 30.3 Å². The predicted molar refractivity (Wildman–Crippen MR) is 90.0 cm³/mol. The number of ether oxygens (including phenoxy) is 1. The van der Waals surface area contributed by atoms with Crippen LogP contribution >= 0.6 is 0 Å². The molecule has 0 fully saturated rings. The van der Waals surface area contributed by atoms with Crippen LogP contribution in [0.2, 0.25) is 0 Å². The predicted octanol–water partition coefficient (Wildman–Crippen LogP) is 2.85. The highest BCUT2D eigenvalue weighted by molar-refractivity contribution is 5.94. The topological polar surface area (TPSA) is 68.5 Å². The molecule has 0 radical (unpaired) electrons. The largest absolute Gasteiger partial charge is 0.484 e. The maximum atomic E-state index is 12.5. The van der Waals surface area contributed by atoms with Crippen molar-refractivity contribution in [2.24, 2.45) is 0 Å². The zero-order chi connectivity index (χ0) is 17.1. The van der Waals surface area contributed by atoms with Gasteiger partial charge < -0.3 is 14.1 Å². The first-order chi connectivity index (χ1) is 12.3. The van der Waals surface area contributed by atoms with E-state index in [0.29, 0.717) is 31.0 Å². The molecular formula is C19H17N3O3. The summed E-state index contributed by atoms with van der Waals surface area (Å²) in [6.07, 6.45) is 3.92. The van der Waals surface area contributed by atoms with Crippen LogP contribution in [0.3, 0.4) is 0 Å². The molecule has 0 unspecified atom stereocenters. The molecular weight excluding hydrogens is 318 g/mol. The van der Waals surface area contributed by atoms with Crippen LogP contribution in [0.5, 0.6) is 5.75 Å². The van der Waals surface area contributed by atoms with E-state index in [1.54, 1.807) is 29.4 Å². The van der Waals surface area contributed by atoms with Crippen molar-refractivity contribution in [3.63, 3.8) is 0 Å². The molecule has 0 bridgehead atoms. The Morgan fingerprint density at radius 3 is 2.76 bits per heavy atom. The number of oxazole rings is 1. The fourth-order valence-corrected chi connectivity index (χ4v) is 2.82. The van der Waals surface area contributed by atoms with Crippen molar-refractivity contribution in [1.82, 2.24) is 14.9 Å². The molecule has 0 saturated heterocycles. The van der Waals surface area contributed by atoms with Gasteiger partial charge in [-0.25, -0.2) is 4.98 Å². The van der Waals surface area contributed by atoms with E-state index in [9.17, 15) is 4.79 Å². The van der Waals surface area contributed by atoms with Gasteiger partial charge in [0.15, 0.2) is 6.61 Å². The maximum absolute atomic E-state index is 12.5. The quantitative estimate of drug-likeness (QED) is 0.733. The molecule has 3 aromatic rings. The summed E-state index contributed by atoms with van der Waals surface area (Å²) in [5, 5.41) is 0. The first-order valence-electron chi connectivity index (χ1n) is 8.14. The van der Waals surface area contributed by atoms with Crippen molar-refractivity contribution < 1.29 is 13.9 Å². The molecule has 4 rings (SSSR count). The fourth-order valence-electron chi connectivity index (χ4n) is 2.82. The van der Waals surface area contributed by atoms with Gasteiger partial charge in [0.2, 0.25) is 5.89 Å². The highest BCUT2D eigenvalue weighted by Crippen LogP contribution is 2.22. The molecule has 25 heavy (non-hydrogen) atoms. The van der Waals surface area contributed by atoms with Crippen LogP contribution in [0.25, 0.3) is 0 Å². The maximum Gasteiger partial charge on any atom is 0.254 e. The Hall–Kier alpha value is -3.15. The number of nitrogens with zero attached hydrogens (tertiary/aromatic N) is 3. The van der Waals surface area contributed by atoms with E-state index in [0.717, 1.165) is 17.2 Å². The van der Waals surface area contributed by atoms with Crippen molar-refractivity contribution in [3.05, 3.63) is 77.8 Å². The normalized spacial score (nSPS) is 13.4.